The van der Waals surface area contributed by atoms with Gasteiger partial charge in [-0.2, -0.15) is 0 Å². The quantitative estimate of drug-likeness (QED) is 0.128. The van der Waals surface area contributed by atoms with E-state index in [-0.39, 0.29) is 23.0 Å². The first kappa shape index (κ1) is 47.4. The van der Waals surface area contributed by atoms with Crippen molar-refractivity contribution in [3.8, 4) is 0 Å². The maximum Gasteiger partial charge on any atom is 0.187 e. The second kappa shape index (κ2) is 18.0. The molecule has 9 aliphatic rings. The fraction of sp³-hybridized carbons (Fsp3) is 1.00. The largest absolute Gasteiger partial charge is 0.394 e. The van der Waals surface area contributed by atoms with E-state index in [0.29, 0.717) is 54.3 Å². The molecule has 18 heteroatoms. The Hall–Kier alpha value is -0.720. The van der Waals surface area contributed by atoms with Gasteiger partial charge < -0.3 is 89.0 Å². The number of hydrogen-bond acceptors (Lipinski definition) is 18. The minimum Gasteiger partial charge on any atom is -0.394 e. The van der Waals surface area contributed by atoms with E-state index in [1.807, 2.05) is 0 Å². The summed E-state index contributed by atoms with van der Waals surface area (Å²) in [5, 5.41) is 105. The van der Waals surface area contributed by atoms with Crippen LogP contribution in [0.2, 0.25) is 0 Å². The maximum atomic E-state index is 11.6. The number of fused-ring (bicyclic) bond motifs is 7. The van der Waals surface area contributed by atoms with E-state index in [0.717, 1.165) is 51.6 Å². The molecule has 5 heterocycles. The van der Waals surface area contributed by atoms with Crippen LogP contribution in [0.4, 0.5) is 0 Å². The molecule has 9 rings (SSSR count). The Morgan fingerprint density at radius 2 is 1.22 bits per heavy atom. The number of ether oxygens (including phenoxy) is 8. The lowest BCUT2D eigenvalue weighted by Crippen LogP contribution is -2.65. The third kappa shape index (κ3) is 7.98. The highest BCUT2D eigenvalue weighted by atomic mass is 16.8. The van der Waals surface area contributed by atoms with E-state index < -0.39 is 118 Å². The molecule has 0 bridgehead atoms. The molecule has 5 saturated heterocycles. The third-order valence-electron chi connectivity index (χ3n) is 18.3. The van der Waals surface area contributed by atoms with Gasteiger partial charge in [0, 0.05) is 12.3 Å². The Morgan fingerprint density at radius 1 is 0.587 bits per heavy atom. The molecule has 10 N–H and O–H groups in total. The summed E-state index contributed by atoms with van der Waals surface area (Å²) in [6.07, 6.45) is -13.8. The van der Waals surface area contributed by atoms with Gasteiger partial charge in [-0.05, 0) is 104 Å². The molecule has 27 atom stereocenters. The Kier molecular flexibility index (Phi) is 13.5. The molecular formula is C45H74O18. The van der Waals surface area contributed by atoms with Crippen LogP contribution >= 0.6 is 0 Å². The fourth-order valence-electron chi connectivity index (χ4n) is 14.6. The van der Waals surface area contributed by atoms with Crippen LogP contribution < -0.4 is 0 Å². The molecule has 5 aliphatic heterocycles. The van der Waals surface area contributed by atoms with Gasteiger partial charge in [0.25, 0.3) is 0 Å². The Morgan fingerprint density at radius 3 is 1.89 bits per heavy atom. The predicted octanol–water partition coefficient (Wildman–Crippen LogP) is -0.734. The standard InChI is InChI=1S/C45H74O18/c1-19-7-12-45(57-17-19)20(2)30-26(63-45)14-25-23-6-5-21-13-22(8-10-43(21,3)24(23)9-11-44(25,30)4)58-42-39(62-41-38(55)35(52)32(49)28(16-47)60-41)36(53)33(50)29(61-42)18-56-40-37(54)34(51)31(48)27(15-46)59-40/h19-42,46-55H,5-18H2,1-4H3. The fourth-order valence-corrected chi connectivity index (χ4v) is 14.6. The zero-order valence-electron chi connectivity index (χ0n) is 37.0. The second-order valence-electron chi connectivity index (χ2n) is 21.6. The van der Waals surface area contributed by atoms with Crippen LogP contribution in [0.1, 0.15) is 91.9 Å². The second-order valence-corrected chi connectivity index (χ2v) is 21.6. The minimum absolute atomic E-state index is 0.0786. The molecule has 63 heavy (non-hydrogen) atoms. The molecule has 0 aromatic rings. The van der Waals surface area contributed by atoms with E-state index in [2.05, 4.69) is 27.7 Å². The minimum atomic E-state index is -1.80. The Labute approximate surface area is 369 Å². The van der Waals surface area contributed by atoms with Crippen LogP contribution in [0.25, 0.3) is 0 Å². The van der Waals surface area contributed by atoms with Gasteiger partial charge in [-0.3, -0.25) is 0 Å². The van der Waals surface area contributed by atoms with Gasteiger partial charge in [-0.1, -0.05) is 27.7 Å². The van der Waals surface area contributed by atoms with Gasteiger partial charge in [0.05, 0.1) is 38.6 Å². The van der Waals surface area contributed by atoms with Crippen LogP contribution in [0, 0.1) is 52.3 Å². The number of aliphatic hydroxyl groups is 10. The van der Waals surface area contributed by atoms with Crippen molar-refractivity contribution in [2.45, 2.75) is 202 Å². The van der Waals surface area contributed by atoms with Crippen LogP contribution in [0.5, 0.6) is 0 Å². The number of rotatable bonds is 9. The SMILES string of the molecule is CC1CCC2(OC1)OC1CC3C4CCC5CC(OC6OC(COC7OC(CO)C(O)C(O)C7O)C(O)C(O)C6OC6OC(CO)C(O)C(O)C6O)CCC5(C)C4CCC3(C)C1C2C. The van der Waals surface area contributed by atoms with Gasteiger partial charge in [0.2, 0.25) is 0 Å². The van der Waals surface area contributed by atoms with Crippen molar-refractivity contribution in [1.29, 1.82) is 0 Å². The monoisotopic (exact) mass is 902 g/mol. The van der Waals surface area contributed by atoms with Gasteiger partial charge in [-0.15, -0.1) is 0 Å². The molecule has 9 fully saturated rings. The average Bonchev–Trinajstić information content (AvgIpc) is 3.72. The Bertz CT molecular complexity index is 1560. The smallest absolute Gasteiger partial charge is 0.187 e. The first-order chi connectivity index (χ1) is 29.9. The van der Waals surface area contributed by atoms with Crippen molar-refractivity contribution in [3.63, 3.8) is 0 Å². The molecule has 0 amide bonds. The van der Waals surface area contributed by atoms with Crippen LogP contribution in [0.15, 0.2) is 0 Å². The van der Waals surface area contributed by atoms with Crippen LogP contribution in [-0.2, 0) is 37.9 Å². The summed E-state index contributed by atoms with van der Waals surface area (Å²) in [6.45, 7) is 8.53. The van der Waals surface area contributed by atoms with Gasteiger partial charge in [-0.25, -0.2) is 0 Å². The molecule has 27 unspecified atom stereocenters. The molecular weight excluding hydrogens is 828 g/mol. The molecule has 0 radical (unpaired) electrons. The topological polar surface area (TPSA) is 276 Å². The van der Waals surface area contributed by atoms with E-state index in [9.17, 15) is 51.1 Å². The molecule has 362 valence electrons. The lowest BCUT2D eigenvalue weighted by Gasteiger charge is -2.61. The summed E-state index contributed by atoms with van der Waals surface area (Å²) >= 11 is 0. The van der Waals surface area contributed by atoms with Crippen molar-refractivity contribution in [3.05, 3.63) is 0 Å². The normalized spacial score (nSPS) is 58.2. The van der Waals surface area contributed by atoms with Gasteiger partial charge >= 0.3 is 0 Å². The highest BCUT2D eigenvalue weighted by Gasteiger charge is 2.69. The molecule has 1 spiro atoms. The average molecular weight is 903 g/mol. The van der Waals surface area contributed by atoms with Crippen LogP contribution in [-0.4, -0.2) is 188 Å². The summed E-state index contributed by atoms with van der Waals surface area (Å²) in [5.41, 5.74) is 0.280. The number of hydrogen-bond donors (Lipinski definition) is 10. The first-order valence-corrected chi connectivity index (χ1v) is 23.8. The van der Waals surface area contributed by atoms with E-state index in [1.54, 1.807) is 0 Å². The summed E-state index contributed by atoms with van der Waals surface area (Å²) in [7, 11) is 0. The van der Waals surface area contributed by atoms with E-state index in [4.69, 9.17) is 37.9 Å². The van der Waals surface area contributed by atoms with Gasteiger partial charge in [0.1, 0.15) is 73.2 Å². The summed E-state index contributed by atoms with van der Waals surface area (Å²) < 4.78 is 49.4. The van der Waals surface area contributed by atoms with Crippen molar-refractivity contribution in [2.75, 3.05) is 26.4 Å². The zero-order chi connectivity index (χ0) is 44.9. The van der Waals surface area contributed by atoms with Crippen molar-refractivity contribution in [1.82, 2.24) is 0 Å². The highest BCUT2D eigenvalue weighted by molar-refractivity contribution is 5.15. The molecule has 18 nitrogen and oxygen atoms in total. The first-order valence-electron chi connectivity index (χ1n) is 23.8. The van der Waals surface area contributed by atoms with Gasteiger partial charge in [0.15, 0.2) is 24.7 Å². The Balaban J connectivity index is 0.889. The van der Waals surface area contributed by atoms with Crippen molar-refractivity contribution < 1.29 is 89.0 Å². The van der Waals surface area contributed by atoms with Crippen LogP contribution in [0.3, 0.4) is 0 Å². The maximum absolute atomic E-state index is 11.6. The summed E-state index contributed by atoms with van der Waals surface area (Å²) in [5.74, 6) is 3.05. The molecule has 0 aromatic carbocycles. The van der Waals surface area contributed by atoms with Crippen molar-refractivity contribution >= 4 is 0 Å². The predicted molar refractivity (Wildman–Crippen MR) is 216 cm³/mol. The highest BCUT2D eigenvalue weighted by Crippen LogP contribution is 2.71. The third-order valence-corrected chi connectivity index (χ3v) is 18.3. The molecule has 0 aromatic heterocycles. The lowest BCUT2D eigenvalue weighted by molar-refractivity contribution is -0.378. The van der Waals surface area contributed by atoms with E-state index in [1.165, 1.54) is 6.42 Å². The lowest BCUT2D eigenvalue weighted by atomic mass is 9.44. The van der Waals surface area contributed by atoms with E-state index >= 15 is 0 Å². The summed E-state index contributed by atoms with van der Waals surface area (Å²) in [4.78, 5) is 0. The molecule has 4 aliphatic carbocycles. The number of aliphatic hydroxyl groups excluding tert-OH is 10. The zero-order valence-corrected chi connectivity index (χ0v) is 37.0. The van der Waals surface area contributed by atoms with Crippen molar-refractivity contribution in [2.24, 2.45) is 52.3 Å². The molecule has 4 saturated carbocycles. The summed E-state index contributed by atoms with van der Waals surface area (Å²) in [6, 6.07) is 0.